The summed E-state index contributed by atoms with van der Waals surface area (Å²) in [5.41, 5.74) is 2.77. The van der Waals surface area contributed by atoms with E-state index in [1.165, 1.54) is 11.8 Å². The molecule has 0 spiro atoms. The van der Waals surface area contributed by atoms with Crippen LogP contribution in [0.3, 0.4) is 0 Å². The van der Waals surface area contributed by atoms with Gasteiger partial charge in [-0.2, -0.15) is 5.10 Å². The molecule has 0 unspecified atom stereocenters. The number of H-pyrrole nitrogens is 1. The maximum atomic E-state index is 12.7. The first-order valence-electron chi connectivity index (χ1n) is 10.3. The van der Waals surface area contributed by atoms with E-state index in [9.17, 15) is 4.79 Å². The van der Waals surface area contributed by atoms with Gasteiger partial charge in [-0.15, -0.1) is 0 Å². The number of carbonyl (C=O) groups is 1. The molecule has 3 N–H and O–H groups in total. The first-order chi connectivity index (χ1) is 16.0. The summed E-state index contributed by atoms with van der Waals surface area (Å²) in [5.74, 6) is 1.21. The van der Waals surface area contributed by atoms with Gasteiger partial charge in [0.1, 0.15) is 17.0 Å². The van der Waals surface area contributed by atoms with Crippen molar-refractivity contribution in [2.75, 3.05) is 24.8 Å². The van der Waals surface area contributed by atoms with Crippen molar-refractivity contribution in [3.8, 4) is 17.2 Å². The molecule has 0 radical (unpaired) electrons. The number of aryl methyl sites for hydroxylation is 1. The number of carbonyl (C=O) groups excluding carboxylic acids is 1. The number of methoxy groups -OCH3 is 1. The van der Waals surface area contributed by atoms with Crippen LogP contribution in [-0.2, 0) is 4.79 Å². The van der Waals surface area contributed by atoms with Crippen molar-refractivity contribution in [1.82, 2.24) is 19.7 Å². The minimum absolute atomic E-state index is 0.0974. The molecular weight excluding hydrogens is 440 g/mol. The molecule has 4 rings (SSSR count). The van der Waals surface area contributed by atoms with Crippen molar-refractivity contribution in [3.63, 3.8) is 0 Å². The maximum Gasteiger partial charge on any atom is 0.234 e. The van der Waals surface area contributed by atoms with E-state index in [1.54, 1.807) is 23.8 Å². The van der Waals surface area contributed by atoms with Gasteiger partial charge in [0.05, 0.1) is 36.2 Å². The highest BCUT2D eigenvalue weighted by molar-refractivity contribution is 7.99. The van der Waals surface area contributed by atoms with E-state index in [0.29, 0.717) is 39.9 Å². The van der Waals surface area contributed by atoms with E-state index >= 15 is 0 Å². The van der Waals surface area contributed by atoms with Gasteiger partial charge in [-0.05, 0) is 50.2 Å². The van der Waals surface area contributed by atoms with Crippen LogP contribution in [0, 0.1) is 12.3 Å². The van der Waals surface area contributed by atoms with Gasteiger partial charge in [-0.3, -0.25) is 19.9 Å². The number of anilines is 1. The van der Waals surface area contributed by atoms with Gasteiger partial charge in [0, 0.05) is 5.69 Å². The van der Waals surface area contributed by atoms with E-state index in [-0.39, 0.29) is 17.1 Å². The lowest BCUT2D eigenvalue weighted by Gasteiger charge is -2.14. The van der Waals surface area contributed by atoms with Crippen molar-refractivity contribution >= 4 is 34.4 Å². The number of thioether (sulfide) groups is 1. The third-order valence-electron chi connectivity index (χ3n) is 4.91. The largest absolute Gasteiger partial charge is 0.495 e. The lowest BCUT2D eigenvalue weighted by atomic mass is 10.2. The van der Waals surface area contributed by atoms with Crippen molar-refractivity contribution < 1.29 is 14.3 Å². The lowest BCUT2D eigenvalue weighted by molar-refractivity contribution is -0.113. The number of para-hydroxylation sites is 2. The summed E-state index contributed by atoms with van der Waals surface area (Å²) in [4.78, 5) is 17.3. The third-order valence-corrected chi connectivity index (χ3v) is 5.85. The number of benzene rings is 2. The van der Waals surface area contributed by atoms with Crippen molar-refractivity contribution in [3.05, 3.63) is 59.7 Å². The monoisotopic (exact) mass is 464 g/mol. The van der Waals surface area contributed by atoms with Crippen LogP contribution in [0.4, 0.5) is 5.69 Å². The number of hydrogen-bond acceptors (Lipinski definition) is 7. The second-order valence-corrected chi connectivity index (χ2v) is 8.02. The molecule has 0 aliphatic heterocycles. The topological polar surface area (TPSA) is 118 Å². The number of aromatic nitrogens is 4. The number of rotatable bonds is 8. The number of aromatic amines is 1. The highest BCUT2D eigenvalue weighted by Crippen LogP contribution is 2.25. The molecule has 0 saturated carbocycles. The van der Waals surface area contributed by atoms with Crippen LogP contribution < -0.4 is 20.3 Å². The normalized spacial score (nSPS) is 10.9. The van der Waals surface area contributed by atoms with Gasteiger partial charge < -0.3 is 14.8 Å². The summed E-state index contributed by atoms with van der Waals surface area (Å²) in [6.45, 7) is 4.32. The summed E-state index contributed by atoms with van der Waals surface area (Å²) >= 11 is 1.24. The third kappa shape index (κ3) is 4.70. The Morgan fingerprint density at radius 3 is 2.70 bits per heavy atom. The van der Waals surface area contributed by atoms with Crippen LogP contribution in [0.1, 0.15) is 12.6 Å². The fourth-order valence-corrected chi connectivity index (χ4v) is 4.21. The molecule has 2 aromatic carbocycles. The molecule has 0 fully saturated rings. The van der Waals surface area contributed by atoms with Crippen LogP contribution >= 0.6 is 11.8 Å². The average molecular weight is 465 g/mol. The molecule has 4 aromatic rings. The van der Waals surface area contributed by atoms with E-state index in [0.717, 1.165) is 11.4 Å². The first-order valence-corrected chi connectivity index (χ1v) is 11.3. The Hall–Kier alpha value is -3.79. The molecule has 10 heteroatoms. The molecule has 2 heterocycles. The number of nitrogens with one attached hydrogen (secondary N) is 3. The van der Waals surface area contributed by atoms with E-state index < -0.39 is 0 Å². The predicted octanol–water partition coefficient (Wildman–Crippen LogP) is 3.67. The second-order valence-electron chi connectivity index (χ2n) is 7.08. The molecular formula is C23H24N6O3S. The van der Waals surface area contributed by atoms with E-state index in [1.807, 2.05) is 50.2 Å². The number of amides is 1. The van der Waals surface area contributed by atoms with Crippen LogP contribution in [0.5, 0.6) is 11.5 Å². The minimum atomic E-state index is -0.211. The van der Waals surface area contributed by atoms with E-state index in [4.69, 9.17) is 14.9 Å². The Bertz CT molecular complexity index is 1350. The Morgan fingerprint density at radius 1 is 1.21 bits per heavy atom. The average Bonchev–Trinajstić information content (AvgIpc) is 3.20. The molecule has 0 atom stereocenters. The van der Waals surface area contributed by atoms with Gasteiger partial charge in [0.15, 0.2) is 10.8 Å². The standard InChI is InChI=1S/C23H24N6O3S/c1-4-32-16-11-9-15(10-12-16)29-21(24)20-14(2)27-28-22(20)26-23(29)33-13-19(30)25-17-7-5-6-8-18(17)31-3/h5-12,24H,4,13H2,1-3H3,(H,25,30)(H,27,28). The predicted molar refractivity (Wildman–Crippen MR) is 127 cm³/mol. The molecule has 0 bridgehead atoms. The molecule has 33 heavy (non-hydrogen) atoms. The Labute approximate surface area is 194 Å². The van der Waals surface area contributed by atoms with E-state index in [2.05, 4.69) is 20.5 Å². The van der Waals surface area contributed by atoms with Crippen LogP contribution in [-0.4, -0.2) is 45.1 Å². The smallest absolute Gasteiger partial charge is 0.234 e. The zero-order valence-corrected chi connectivity index (χ0v) is 19.3. The van der Waals surface area contributed by atoms with Gasteiger partial charge in [0.2, 0.25) is 5.91 Å². The van der Waals surface area contributed by atoms with Gasteiger partial charge in [0.25, 0.3) is 0 Å². The summed E-state index contributed by atoms with van der Waals surface area (Å²) in [6, 6.07) is 14.7. The fraction of sp³-hybridized carbons (Fsp3) is 0.217. The minimum Gasteiger partial charge on any atom is -0.495 e. The molecule has 1 amide bonds. The quantitative estimate of drug-likeness (QED) is 0.270. The number of hydrogen-bond donors (Lipinski definition) is 3. The van der Waals surface area contributed by atoms with Gasteiger partial charge in [-0.1, -0.05) is 23.9 Å². The summed E-state index contributed by atoms with van der Waals surface area (Å²) in [7, 11) is 1.56. The Kier molecular flexibility index (Phi) is 6.64. The zero-order valence-electron chi connectivity index (χ0n) is 18.5. The van der Waals surface area contributed by atoms with Gasteiger partial charge in [-0.25, -0.2) is 4.98 Å². The Morgan fingerprint density at radius 2 is 1.97 bits per heavy atom. The molecule has 170 valence electrons. The maximum absolute atomic E-state index is 12.7. The molecule has 0 aliphatic rings. The number of fused-ring (bicyclic) bond motifs is 1. The fourth-order valence-electron chi connectivity index (χ4n) is 3.40. The number of ether oxygens (including phenoxy) is 2. The molecule has 9 nitrogen and oxygen atoms in total. The second kappa shape index (κ2) is 9.78. The Balaban J connectivity index is 1.65. The molecule has 2 aromatic heterocycles. The van der Waals surface area contributed by atoms with Gasteiger partial charge >= 0.3 is 0 Å². The number of nitrogens with zero attached hydrogens (tertiary/aromatic N) is 3. The summed E-state index contributed by atoms with van der Waals surface area (Å²) < 4.78 is 12.5. The molecule has 0 aliphatic carbocycles. The van der Waals surface area contributed by atoms with Crippen molar-refractivity contribution in [2.24, 2.45) is 0 Å². The first kappa shape index (κ1) is 22.4. The highest BCUT2D eigenvalue weighted by atomic mass is 32.2. The van der Waals surface area contributed by atoms with Crippen molar-refractivity contribution in [2.45, 2.75) is 19.0 Å². The lowest BCUT2D eigenvalue weighted by Crippen LogP contribution is -2.23. The summed E-state index contributed by atoms with van der Waals surface area (Å²) in [6.07, 6.45) is 0. The van der Waals surface area contributed by atoms with Crippen LogP contribution in [0.15, 0.2) is 53.7 Å². The van der Waals surface area contributed by atoms with Crippen LogP contribution in [0.25, 0.3) is 16.7 Å². The highest BCUT2D eigenvalue weighted by Gasteiger charge is 2.17. The zero-order chi connectivity index (χ0) is 23.4. The van der Waals surface area contributed by atoms with Crippen LogP contribution in [0.2, 0.25) is 0 Å². The SMILES string of the molecule is CCOc1ccc(-n2c(SCC(=O)Nc3ccccc3OC)nc3[nH]nc(C)c3c2=N)cc1. The molecule has 0 saturated heterocycles. The van der Waals surface area contributed by atoms with Crippen molar-refractivity contribution in [1.29, 1.82) is 5.41 Å². The summed E-state index contributed by atoms with van der Waals surface area (Å²) in [5, 5.41) is 19.9.